The SMILES string of the molecule is CCOc1cc(/C=C2/SC(=O)N(c3ccc(OC)cc3)C2=O)ccc1OC(CC)C(=O)O. The van der Waals surface area contributed by atoms with Gasteiger partial charge in [-0.2, -0.15) is 0 Å². The molecule has 168 valence electrons. The molecule has 0 aliphatic carbocycles. The molecular weight excluding hydrogens is 434 g/mol. The molecular formula is C23H23NO7S. The molecule has 8 nitrogen and oxygen atoms in total. The minimum absolute atomic E-state index is 0.263. The molecule has 0 spiro atoms. The van der Waals surface area contributed by atoms with Crippen LogP contribution in [0.1, 0.15) is 25.8 Å². The number of methoxy groups -OCH3 is 1. The zero-order chi connectivity index (χ0) is 23.3. The third-order valence-electron chi connectivity index (χ3n) is 4.61. The number of imide groups is 1. The van der Waals surface area contributed by atoms with Gasteiger partial charge in [-0.05, 0) is 73.1 Å². The van der Waals surface area contributed by atoms with E-state index >= 15 is 0 Å². The Hall–Kier alpha value is -3.46. The summed E-state index contributed by atoms with van der Waals surface area (Å²) < 4.78 is 16.3. The topological polar surface area (TPSA) is 102 Å². The second-order valence-electron chi connectivity index (χ2n) is 6.71. The van der Waals surface area contributed by atoms with Gasteiger partial charge in [-0.3, -0.25) is 9.59 Å². The van der Waals surface area contributed by atoms with Crippen molar-refractivity contribution in [1.82, 2.24) is 0 Å². The lowest BCUT2D eigenvalue weighted by atomic mass is 10.1. The van der Waals surface area contributed by atoms with Gasteiger partial charge in [0.15, 0.2) is 17.6 Å². The third-order valence-corrected chi connectivity index (χ3v) is 5.47. The van der Waals surface area contributed by atoms with Crippen molar-refractivity contribution < 1.29 is 33.7 Å². The van der Waals surface area contributed by atoms with Crippen LogP contribution in [0, 0.1) is 0 Å². The van der Waals surface area contributed by atoms with E-state index in [2.05, 4.69) is 0 Å². The molecule has 2 aromatic rings. The van der Waals surface area contributed by atoms with Crippen LogP contribution in [-0.4, -0.2) is 42.0 Å². The Bertz CT molecular complexity index is 1050. The van der Waals surface area contributed by atoms with Crippen molar-refractivity contribution >= 4 is 40.6 Å². The molecule has 3 rings (SSSR count). The first-order chi connectivity index (χ1) is 15.4. The summed E-state index contributed by atoms with van der Waals surface area (Å²) in [6.07, 6.45) is 0.886. The molecule has 1 heterocycles. The van der Waals surface area contributed by atoms with E-state index in [1.807, 2.05) is 0 Å². The van der Waals surface area contributed by atoms with Crippen LogP contribution >= 0.6 is 11.8 Å². The van der Waals surface area contributed by atoms with E-state index in [-0.39, 0.29) is 4.91 Å². The van der Waals surface area contributed by atoms with Gasteiger partial charge >= 0.3 is 5.97 Å². The quantitative estimate of drug-likeness (QED) is 0.546. The number of rotatable bonds is 9. The highest BCUT2D eigenvalue weighted by molar-refractivity contribution is 8.19. The van der Waals surface area contributed by atoms with Crippen LogP contribution in [0.15, 0.2) is 47.4 Å². The summed E-state index contributed by atoms with van der Waals surface area (Å²) in [7, 11) is 1.54. The number of amides is 2. The summed E-state index contributed by atoms with van der Waals surface area (Å²) in [5.41, 5.74) is 1.07. The van der Waals surface area contributed by atoms with E-state index in [0.29, 0.717) is 41.5 Å². The number of benzene rings is 2. The first-order valence-electron chi connectivity index (χ1n) is 9.96. The average Bonchev–Trinajstić information content (AvgIpc) is 3.06. The summed E-state index contributed by atoms with van der Waals surface area (Å²) >= 11 is 0.841. The Morgan fingerprint density at radius 1 is 1.12 bits per heavy atom. The number of anilines is 1. The Labute approximate surface area is 189 Å². The highest BCUT2D eigenvalue weighted by Gasteiger charge is 2.36. The summed E-state index contributed by atoms with van der Waals surface area (Å²) in [4.78, 5) is 38.0. The van der Waals surface area contributed by atoms with E-state index in [1.54, 1.807) is 62.4 Å². The minimum atomic E-state index is -1.06. The van der Waals surface area contributed by atoms with Crippen molar-refractivity contribution in [2.24, 2.45) is 0 Å². The fraction of sp³-hybridized carbons (Fsp3) is 0.261. The van der Waals surface area contributed by atoms with Crippen molar-refractivity contribution in [3.8, 4) is 17.2 Å². The molecule has 9 heteroatoms. The first kappa shape index (κ1) is 23.2. The van der Waals surface area contributed by atoms with Crippen molar-refractivity contribution in [1.29, 1.82) is 0 Å². The number of thioether (sulfide) groups is 1. The highest BCUT2D eigenvalue weighted by Crippen LogP contribution is 2.37. The zero-order valence-corrected chi connectivity index (χ0v) is 18.7. The number of hydrogen-bond acceptors (Lipinski definition) is 7. The summed E-state index contributed by atoms with van der Waals surface area (Å²) in [5, 5.41) is 8.84. The van der Waals surface area contributed by atoms with Gasteiger partial charge in [0.2, 0.25) is 0 Å². The van der Waals surface area contributed by atoms with Crippen LogP contribution in [0.2, 0.25) is 0 Å². The molecule has 2 amide bonds. The van der Waals surface area contributed by atoms with Gasteiger partial charge in [0.1, 0.15) is 5.75 Å². The molecule has 0 bridgehead atoms. The largest absolute Gasteiger partial charge is 0.497 e. The summed E-state index contributed by atoms with van der Waals surface area (Å²) in [6, 6.07) is 11.6. The maximum Gasteiger partial charge on any atom is 0.344 e. The molecule has 1 N–H and O–H groups in total. The van der Waals surface area contributed by atoms with Crippen LogP contribution < -0.4 is 19.1 Å². The predicted molar refractivity (Wildman–Crippen MR) is 121 cm³/mol. The van der Waals surface area contributed by atoms with E-state index < -0.39 is 23.2 Å². The van der Waals surface area contributed by atoms with Gasteiger partial charge in [-0.15, -0.1) is 0 Å². The average molecular weight is 458 g/mol. The van der Waals surface area contributed by atoms with E-state index in [1.165, 1.54) is 7.11 Å². The van der Waals surface area contributed by atoms with Crippen molar-refractivity contribution in [2.45, 2.75) is 26.4 Å². The molecule has 1 fully saturated rings. The molecule has 1 atom stereocenters. The normalized spacial score (nSPS) is 15.7. The molecule has 2 aromatic carbocycles. The Kier molecular flexibility index (Phi) is 7.42. The van der Waals surface area contributed by atoms with E-state index in [4.69, 9.17) is 14.2 Å². The molecule has 1 aliphatic rings. The molecule has 1 aliphatic heterocycles. The smallest absolute Gasteiger partial charge is 0.344 e. The first-order valence-corrected chi connectivity index (χ1v) is 10.8. The number of carboxylic acids is 1. The summed E-state index contributed by atoms with van der Waals surface area (Å²) in [5.74, 6) is -0.221. The van der Waals surface area contributed by atoms with Crippen LogP contribution in [0.3, 0.4) is 0 Å². The number of nitrogens with zero attached hydrogens (tertiary/aromatic N) is 1. The van der Waals surface area contributed by atoms with Gasteiger partial charge in [0, 0.05) is 0 Å². The molecule has 0 aromatic heterocycles. The van der Waals surface area contributed by atoms with Crippen LogP contribution in [0.5, 0.6) is 17.2 Å². The van der Waals surface area contributed by atoms with Gasteiger partial charge < -0.3 is 19.3 Å². The van der Waals surface area contributed by atoms with Gasteiger partial charge in [-0.25, -0.2) is 9.69 Å². The lowest BCUT2D eigenvalue weighted by Crippen LogP contribution is -2.27. The van der Waals surface area contributed by atoms with Gasteiger partial charge in [-0.1, -0.05) is 13.0 Å². The number of aliphatic carboxylic acids is 1. The molecule has 32 heavy (non-hydrogen) atoms. The number of carboxylic acid groups (broad SMARTS) is 1. The Balaban J connectivity index is 1.86. The van der Waals surface area contributed by atoms with E-state index in [9.17, 15) is 19.5 Å². The fourth-order valence-electron chi connectivity index (χ4n) is 3.01. The number of hydrogen-bond donors (Lipinski definition) is 1. The number of carbonyl (C=O) groups is 3. The fourth-order valence-corrected chi connectivity index (χ4v) is 3.86. The molecule has 0 saturated carbocycles. The standard InChI is InChI=1S/C23H23NO7S/c1-4-17(22(26)27)31-18-11-6-14(12-19(18)30-5-2)13-20-21(25)24(23(28)32-20)15-7-9-16(29-3)10-8-15/h6-13,17H,4-5H2,1-3H3,(H,26,27)/b20-13+. The maximum atomic E-state index is 12.9. The number of ether oxygens (including phenoxy) is 3. The van der Waals surface area contributed by atoms with Crippen LogP contribution in [0.25, 0.3) is 6.08 Å². The van der Waals surface area contributed by atoms with Crippen molar-refractivity contribution in [3.05, 3.63) is 52.9 Å². The van der Waals surface area contributed by atoms with Crippen LogP contribution in [-0.2, 0) is 9.59 Å². The highest BCUT2D eigenvalue weighted by atomic mass is 32.2. The van der Waals surface area contributed by atoms with Gasteiger partial charge in [0.05, 0.1) is 24.3 Å². The minimum Gasteiger partial charge on any atom is -0.497 e. The lowest BCUT2D eigenvalue weighted by Gasteiger charge is -2.17. The van der Waals surface area contributed by atoms with E-state index in [0.717, 1.165) is 16.7 Å². The van der Waals surface area contributed by atoms with Crippen molar-refractivity contribution in [3.63, 3.8) is 0 Å². The Morgan fingerprint density at radius 3 is 2.44 bits per heavy atom. The molecule has 1 unspecified atom stereocenters. The van der Waals surface area contributed by atoms with Gasteiger partial charge in [0.25, 0.3) is 11.1 Å². The lowest BCUT2D eigenvalue weighted by molar-refractivity contribution is -0.145. The Morgan fingerprint density at radius 2 is 1.84 bits per heavy atom. The van der Waals surface area contributed by atoms with Crippen LogP contribution in [0.4, 0.5) is 10.5 Å². The van der Waals surface area contributed by atoms with Crippen molar-refractivity contribution in [2.75, 3.05) is 18.6 Å². The second-order valence-corrected chi connectivity index (χ2v) is 7.70. The summed E-state index contributed by atoms with van der Waals surface area (Å²) in [6.45, 7) is 3.86. The molecule has 0 radical (unpaired) electrons. The molecule has 1 saturated heterocycles. The maximum absolute atomic E-state index is 12.9. The zero-order valence-electron chi connectivity index (χ0n) is 17.9. The third kappa shape index (κ3) is 5.05. The predicted octanol–water partition coefficient (Wildman–Crippen LogP) is 4.58. The monoisotopic (exact) mass is 457 g/mol. The second kappa shape index (κ2) is 10.2. The number of carbonyl (C=O) groups excluding carboxylic acids is 2.